The van der Waals surface area contributed by atoms with E-state index in [9.17, 15) is 9.59 Å². The normalized spacial score (nSPS) is 17.7. The Bertz CT molecular complexity index is 864. The molecule has 0 atom stereocenters. The van der Waals surface area contributed by atoms with Gasteiger partial charge in [0.15, 0.2) is 5.78 Å². The summed E-state index contributed by atoms with van der Waals surface area (Å²) in [5.41, 5.74) is 2.79. The first-order valence-corrected chi connectivity index (χ1v) is 10.4. The minimum Gasteiger partial charge on any atom is -0.373 e. The van der Waals surface area contributed by atoms with E-state index in [1.807, 2.05) is 0 Å². The van der Waals surface area contributed by atoms with Gasteiger partial charge in [-0.2, -0.15) is 9.78 Å². The molecule has 0 bridgehead atoms. The van der Waals surface area contributed by atoms with Crippen LogP contribution in [0.5, 0.6) is 0 Å². The topological polar surface area (TPSA) is 67.7 Å². The van der Waals surface area contributed by atoms with Crippen LogP contribution in [0.25, 0.3) is 0 Å². The van der Waals surface area contributed by atoms with Gasteiger partial charge in [-0.25, -0.2) is 4.79 Å². The van der Waals surface area contributed by atoms with Gasteiger partial charge in [-0.1, -0.05) is 12.1 Å². The van der Waals surface area contributed by atoms with Gasteiger partial charge in [-0.15, -0.1) is 0 Å². The summed E-state index contributed by atoms with van der Waals surface area (Å²) in [6.07, 6.45) is 5.85. The van der Waals surface area contributed by atoms with Crippen molar-refractivity contribution in [2.45, 2.75) is 45.3 Å². The molecule has 0 unspecified atom stereocenters. The van der Waals surface area contributed by atoms with Crippen molar-refractivity contribution in [2.24, 2.45) is 0 Å². The molecule has 0 radical (unpaired) electrons. The minimum absolute atomic E-state index is 0.141. The maximum atomic E-state index is 12.6. The van der Waals surface area contributed by atoms with Gasteiger partial charge in [-0.05, 0) is 49.4 Å². The van der Waals surface area contributed by atoms with Crippen LogP contribution in [-0.4, -0.2) is 58.8 Å². The molecule has 7 nitrogen and oxygen atoms in total. The lowest BCUT2D eigenvalue weighted by Crippen LogP contribution is -2.43. The fourth-order valence-corrected chi connectivity index (χ4v) is 4.01. The first kappa shape index (κ1) is 19.6. The van der Waals surface area contributed by atoms with Crippen molar-refractivity contribution in [2.75, 3.05) is 31.1 Å². The van der Waals surface area contributed by atoms with E-state index in [1.165, 1.54) is 35.7 Å². The molecule has 7 heteroatoms. The van der Waals surface area contributed by atoms with Crippen LogP contribution in [0.15, 0.2) is 36.5 Å². The zero-order valence-electron chi connectivity index (χ0n) is 16.9. The van der Waals surface area contributed by atoms with E-state index >= 15 is 0 Å². The summed E-state index contributed by atoms with van der Waals surface area (Å²) in [6, 6.07) is 10.0. The second kappa shape index (κ2) is 8.78. The zero-order chi connectivity index (χ0) is 20.2. The number of benzene rings is 1. The van der Waals surface area contributed by atoms with Crippen LogP contribution >= 0.6 is 0 Å². The number of anilines is 1. The number of carbonyl (C=O) groups excluding carboxylic acids is 2. The number of amides is 1. The van der Waals surface area contributed by atoms with E-state index in [0.29, 0.717) is 25.4 Å². The van der Waals surface area contributed by atoms with Crippen LogP contribution in [0.2, 0.25) is 0 Å². The van der Waals surface area contributed by atoms with E-state index < -0.39 is 0 Å². The Labute approximate surface area is 171 Å². The van der Waals surface area contributed by atoms with Gasteiger partial charge in [0, 0.05) is 45.0 Å². The minimum atomic E-state index is -0.186. The standard InChI is InChI=1S/C22H28N4O3/c1-17(27)21-9-14-26(23-21)22(28)25-12-7-20(8-13-25)29-16-18-5-4-6-19(15-18)24-10-2-3-11-24/h4-6,9,14-15,20H,2-3,7-8,10-13,16H2,1H3. The molecule has 29 heavy (non-hydrogen) atoms. The average molecular weight is 396 g/mol. The highest BCUT2D eigenvalue weighted by Crippen LogP contribution is 2.22. The van der Waals surface area contributed by atoms with E-state index in [-0.39, 0.29) is 17.9 Å². The number of Topliss-reactive ketones (excluding diaryl/α,β-unsaturated/α-hetero) is 1. The summed E-state index contributed by atoms with van der Waals surface area (Å²) in [6.45, 7) is 5.59. The van der Waals surface area contributed by atoms with Crippen molar-refractivity contribution >= 4 is 17.5 Å². The van der Waals surface area contributed by atoms with Crippen LogP contribution < -0.4 is 4.90 Å². The highest BCUT2D eigenvalue weighted by molar-refractivity contribution is 5.92. The maximum Gasteiger partial charge on any atom is 0.344 e. The fourth-order valence-electron chi connectivity index (χ4n) is 4.01. The molecule has 2 fully saturated rings. The monoisotopic (exact) mass is 396 g/mol. The summed E-state index contributed by atoms with van der Waals surface area (Å²) < 4.78 is 7.38. The van der Waals surface area contributed by atoms with Gasteiger partial charge in [0.2, 0.25) is 0 Å². The number of ether oxygens (including phenoxy) is 1. The lowest BCUT2D eigenvalue weighted by atomic mass is 10.1. The third-order valence-corrected chi connectivity index (χ3v) is 5.73. The molecule has 1 amide bonds. The predicted octanol–water partition coefficient (Wildman–Crippen LogP) is 3.34. The van der Waals surface area contributed by atoms with Crippen molar-refractivity contribution in [1.29, 1.82) is 0 Å². The van der Waals surface area contributed by atoms with Gasteiger partial charge in [0.05, 0.1) is 12.7 Å². The molecule has 3 heterocycles. The highest BCUT2D eigenvalue weighted by atomic mass is 16.5. The molecule has 1 aromatic carbocycles. The van der Waals surface area contributed by atoms with Crippen LogP contribution in [0.3, 0.4) is 0 Å². The SMILES string of the molecule is CC(=O)c1ccn(C(=O)N2CCC(OCc3cccc(N4CCCC4)c3)CC2)n1. The third kappa shape index (κ3) is 4.67. The number of ketones is 1. The number of carbonyl (C=O) groups is 2. The Balaban J connectivity index is 1.26. The summed E-state index contributed by atoms with van der Waals surface area (Å²) in [5.74, 6) is -0.141. The van der Waals surface area contributed by atoms with Gasteiger partial charge >= 0.3 is 6.03 Å². The lowest BCUT2D eigenvalue weighted by molar-refractivity contribution is 0.00437. The second-order valence-corrected chi connectivity index (χ2v) is 7.85. The first-order valence-electron chi connectivity index (χ1n) is 10.4. The molecular formula is C22H28N4O3. The van der Waals surface area contributed by atoms with Crippen molar-refractivity contribution in [3.63, 3.8) is 0 Å². The highest BCUT2D eigenvalue weighted by Gasteiger charge is 2.25. The number of aromatic nitrogens is 2. The Morgan fingerprint density at radius 3 is 2.55 bits per heavy atom. The van der Waals surface area contributed by atoms with Crippen molar-refractivity contribution < 1.29 is 14.3 Å². The van der Waals surface area contributed by atoms with Crippen molar-refractivity contribution in [1.82, 2.24) is 14.7 Å². The Hall–Kier alpha value is -2.67. The molecule has 0 aliphatic carbocycles. The van der Waals surface area contributed by atoms with Crippen LogP contribution in [-0.2, 0) is 11.3 Å². The quantitative estimate of drug-likeness (QED) is 0.725. The molecule has 0 spiro atoms. The van der Waals surface area contributed by atoms with Crippen molar-refractivity contribution in [3.05, 3.63) is 47.8 Å². The molecule has 4 rings (SSSR count). The summed E-state index contributed by atoms with van der Waals surface area (Å²) >= 11 is 0. The van der Waals surface area contributed by atoms with Gasteiger partial charge in [0.25, 0.3) is 0 Å². The van der Waals surface area contributed by atoms with E-state index in [1.54, 1.807) is 17.2 Å². The molecule has 0 saturated carbocycles. The van der Waals surface area contributed by atoms with Crippen LogP contribution in [0, 0.1) is 0 Å². The molecule has 2 saturated heterocycles. The largest absolute Gasteiger partial charge is 0.373 e. The van der Waals surface area contributed by atoms with E-state index in [4.69, 9.17) is 4.74 Å². The van der Waals surface area contributed by atoms with Gasteiger partial charge in [0.1, 0.15) is 5.69 Å². The Morgan fingerprint density at radius 2 is 1.86 bits per heavy atom. The molecule has 2 aliphatic heterocycles. The molecule has 154 valence electrons. The summed E-state index contributed by atoms with van der Waals surface area (Å²) in [5, 5.41) is 4.06. The number of nitrogens with zero attached hydrogens (tertiary/aromatic N) is 4. The Morgan fingerprint density at radius 1 is 1.10 bits per heavy atom. The zero-order valence-corrected chi connectivity index (χ0v) is 16.9. The molecule has 2 aliphatic rings. The average Bonchev–Trinajstić information content (AvgIpc) is 3.45. The number of rotatable bonds is 5. The number of piperidine rings is 1. The molecular weight excluding hydrogens is 368 g/mol. The van der Waals surface area contributed by atoms with E-state index in [0.717, 1.165) is 25.9 Å². The maximum absolute atomic E-state index is 12.6. The van der Waals surface area contributed by atoms with Crippen molar-refractivity contribution in [3.8, 4) is 0 Å². The fraction of sp³-hybridized carbons (Fsp3) is 0.500. The summed E-state index contributed by atoms with van der Waals surface area (Å²) in [7, 11) is 0. The number of likely N-dealkylation sites (tertiary alicyclic amines) is 1. The molecule has 0 N–H and O–H groups in total. The second-order valence-electron chi connectivity index (χ2n) is 7.85. The first-order chi connectivity index (χ1) is 14.1. The third-order valence-electron chi connectivity index (χ3n) is 5.73. The molecule has 2 aromatic rings. The number of hydrogen-bond donors (Lipinski definition) is 0. The van der Waals surface area contributed by atoms with Gasteiger partial charge in [-0.3, -0.25) is 4.79 Å². The Kier molecular flexibility index (Phi) is 5.94. The van der Waals surface area contributed by atoms with E-state index in [2.05, 4.69) is 34.3 Å². The van der Waals surface area contributed by atoms with Gasteiger partial charge < -0.3 is 14.5 Å². The lowest BCUT2D eigenvalue weighted by Gasteiger charge is -2.31. The van der Waals surface area contributed by atoms with Crippen LogP contribution in [0.1, 0.15) is 48.7 Å². The van der Waals surface area contributed by atoms with Crippen LogP contribution in [0.4, 0.5) is 10.5 Å². The predicted molar refractivity (Wildman–Crippen MR) is 110 cm³/mol. The summed E-state index contributed by atoms with van der Waals surface area (Å²) in [4.78, 5) is 28.1. The molecule has 1 aromatic heterocycles. The smallest absolute Gasteiger partial charge is 0.344 e. The number of hydrogen-bond acceptors (Lipinski definition) is 5.